The lowest BCUT2D eigenvalue weighted by molar-refractivity contribution is -0.151. The normalized spacial score (nSPS) is 10.0. The fourth-order valence-electron chi connectivity index (χ4n) is 1.43. The molecule has 0 bridgehead atoms. The second kappa shape index (κ2) is 5.11. The molecule has 0 radical (unpaired) electrons. The molecule has 0 saturated heterocycles. The fraction of sp³-hybridized carbons (Fsp3) is 0.182. The Balaban J connectivity index is 3.22. The molecule has 0 unspecified atom stereocenters. The standard InChI is InChI=1S/C11H11NO5/c1-7(13)12(8-5-3-2-4-6-8)9(10(14)15)11(16)17/h2-6,9H,1H3,(H,14,15)(H,16,17). The molecule has 0 saturated carbocycles. The molecule has 0 aliphatic rings. The number of carboxylic acids is 2. The van der Waals surface area contributed by atoms with E-state index in [0.717, 1.165) is 11.8 Å². The molecule has 0 spiro atoms. The first-order chi connectivity index (χ1) is 7.95. The molecule has 0 aliphatic carbocycles. The number of hydrogen-bond donors (Lipinski definition) is 2. The Morgan fingerprint density at radius 2 is 1.53 bits per heavy atom. The van der Waals surface area contributed by atoms with Crippen molar-refractivity contribution in [1.82, 2.24) is 0 Å². The van der Waals surface area contributed by atoms with Crippen LogP contribution in [0.4, 0.5) is 5.69 Å². The van der Waals surface area contributed by atoms with E-state index >= 15 is 0 Å². The molecule has 0 aromatic heterocycles. The van der Waals surface area contributed by atoms with E-state index in [2.05, 4.69) is 0 Å². The van der Waals surface area contributed by atoms with E-state index in [-0.39, 0.29) is 5.69 Å². The molecule has 1 rings (SSSR count). The van der Waals surface area contributed by atoms with Gasteiger partial charge in [0.05, 0.1) is 0 Å². The highest BCUT2D eigenvalue weighted by Gasteiger charge is 2.35. The van der Waals surface area contributed by atoms with Crippen molar-refractivity contribution in [3.63, 3.8) is 0 Å². The first-order valence-corrected chi connectivity index (χ1v) is 4.75. The Morgan fingerprint density at radius 3 is 1.88 bits per heavy atom. The number of amides is 1. The number of nitrogens with zero attached hydrogens (tertiary/aromatic N) is 1. The summed E-state index contributed by atoms with van der Waals surface area (Å²) >= 11 is 0. The number of rotatable bonds is 4. The van der Waals surface area contributed by atoms with Crippen molar-refractivity contribution in [1.29, 1.82) is 0 Å². The Morgan fingerprint density at radius 1 is 1.06 bits per heavy atom. The largest absolute Gasteiger partial charge is 0.479 e. The van der Waals surface area contributed by atoms with Crippen molar-refractivity contribution in [2.75, 3.05) is 4.90 Å². The highest BCUT2D eigenvalue weighted by atomic mass is 16.4. The first kappa shape index (κ1) is 12.7. The summed E-state index contributed by atoms with van der Waals surface area (Å²) in [6.07, 6.45) is 0. The number of hydrogen-bond acceptors (Lipinski definition) is 3. The van der Waals surface area contributed by atoms with E-state index in [1.807, 2.05) is 0 Å². The van der Waals surface area contributed by atoms with Crippen LogP contribution in [0.15, 0.2) is 30.3 Å². The second-order valence-electron chi connectivity index (χ2n) is 3.30. The van der Waals surface area contributed by atoms with Crippen LogP contribution < -0.4 is 4.90 Å². The van der Waals surface area contributed by atoms with Gasteiger partial charge in [0, 0.05) is 12.6 Å². The second-order valence-corrected chi connectivity index (χ2v) is 3.30. The predicted molar refractivity (Wildman–Crippen MR) is 58.7 cm³/mol. The lowest BCUT2D eigenvalue weighted by Gasteiger charge is -2.24. The van der Waals surface area contributed by atoms with Crippen LogP contribution in [0, 0.1) is 0 Å². The Bertz CT molecular complexity index is 428. The zero-order chi connectivity index (χ0) is 13.0. The maximum Gasteiger partial charge on any atom is 0.338 e. The minimum atomic E-state index is -1.92. The van der Waals surface area contributed by atoms with Crippen molar-refractivity contribution in [3.05, 3.63) is 30.3 Å². The number of para-hydroxylation sites is 1. The highest BCUT2D eigenvalue weighted by molar-refractivity contribution is 6.09. The van der Waals surface area contributed by atoms with Crippen molar-refractivity contribution in [2.45, 2.75) is 13.0 Å². The Kier molecular flexibility index (Phi) is 3.82. The number of benzene rings is 1. The van der Waals surface area contributed by atoms with E-state index in [1.54, 1.807) is 18.2 Å². The van der Waals surface area contributed by atoms with E-state index in [4.69, 9.17) is 10.2 Å². The smallest absolute Gasteiger partial charge is 0.338 e. The van der Waals surface area contributed by atoms with Crippen LogP contribution in [0.25, 0.3) is 0 Å². The van der Waals surface area contributed by atoms with Crippen molar-refractivity contribution in [2.24, 2.45) is 0 Å². The summed E-state index contributed by atoms with van der Waals surface area (Å²) in [6.45, 7) is 1.12. The van der Waals surface area contributed by atoms with Crippen molar-refractivity contribution in [3.8, 4) is 0 Å². The number of anilines is 1. The molecule has 2 N–H and O–H groups in total. The monoisotopic (exact) mass is 237 g/mol. The molecule has 1 amide bonds. The number of carboxylic acid groups (broad SMARTS) is 2. The molecule has 0 fully saturated rings. The highest BCUT2D eigenvalue weighted by Crippen LogP contribution is 2.17. The lowest BCUT2D eigenvalue weighted by Crippen LogP contribution is -2.49. The average molecular weight is 237 g/mol. The van der Waals surface area contributed by atoms with Gasteiger partial charge in [0.15, 0.2) is 0 Å². The van der Waals surface area contributed by atoms with Gasteiger partial charge >= 0.3 is 11.9 Å². The molecule has 0 aliphatic heterocycles. The quantitative estimate of drug-likeness (QED) is 0.747. The van der Waals surface area contributed by atoms with Crippen LogP contribution in [-0.2, 0) is 14.4 Å². The fourth-order valence-corrected chi connectivity index (χ4v) is 1.43. The van der Waals surface area contributed by atoms with Gasteiger partial charge in [-0.3, -0.25) is 9.69 Å². The number of carbonyl (C=O) groups excluding carboxylic acids is 1. The third-order valence-corrected chi connectivity index (χ3v) is 2.10. The van der Waals surface area contributed by atoms with Crippen molar-refractivity contribution >= 4 is 23.5 Å². The summed E-state index contributed by atoms with van der Waals surface area (Å²) in [6, 6.07) is 5.88. The predicted octanol–water partition coefficient (Wildman–Crippen LogP) is 0.577. The van der Waals surface area contributed by atoms with Gasteiger partial charge in [-0.05, 0) is 12.1 Å². The van der Waals surface area contributed by atoms with Crippen LogP contribution in [0.3, 0.4) is 0 Å². The number of carbonyl (C=O) groups is 3. The van der Waals surface area contributed by atoms with Crippen LogP contribution in [0.2, 0.25) is 0 Å². The zero-order valence-electron chi connectivity index (χ0n) is 9.03. The minimum absolute atomic E-state index is 0.231. The zero-order valence-corrected chi connectivity index (χ0v) is 9.03. The van der Waals surface area contributed by atoms with Crippen molar-refractivity contribution < 1.29 is 24.6 Å². The van der Waals surface area contributed by atoms with Gasteiger partial charge < -0.3 is 10.2 Å². The topological polar surface area (TPSA) is 94.9 Å². The van der Waals surface area contributed by atoms with E-state index in [1.165, 1.54) is 12.1 Å². The van der Waals surface area contributed by atoms with Gasteiger partial charge in [-0.2, -0.15) is 0 Å². The van der Waals surface area contributed by atoms with Crippen LogP contribution in [0.5, 0.6) is 0 Å². The molecule has 0 heterocycles. The Labute approximate surface area is 97.1 Å². The summed E-state index contributed by atoms with van der Waals surface area (Å²) in [5, 5.41) is 17.7. The van der Waals surface area contributed by atoms with E-state index in [0.29, 0.717) is 0 Å². The van der Waals surface area contributed by atoms with Gasteiger partial charge in [-0.25, -0.2) is 9.59 Å². The molecule has 90 valence electrons. The van der Waals surface area contributed by atoms with Gasteiger partial charge in [0.25, 0.3) is 0 Å². The molecule has 6 heteroatoms. The molecule has 6 nitrogen and oxygen atoms in total. The summed E-state index contributed by atoms with van der Waals surface area (Å²) in [7, 11) is 0. The third-order valence-electron chi connectivity index (χ3n) is 2.10. The van der Waals surface area contributed by atoms with E-state index < -0.39 is 23.9 Å². The van der Waals surface area contributed by atoms with Crippen LogP contribution >= 0.6 is 0 Å². The van der Waals surface area contributed by atoms with Gasteiger partial charge in [0.1, 0.15) is 0 Å². The molecular formula is C11H11NO5. The third kappa shape index (κ3) is 2.81. The van der Waals surface area contributed by atoms with Crippen LogP contribution in [0.1, 0.15) is 6.92 Å². The first-order valence-electron chi connectivity index (χ1n) is 4.75. The molecule has 17 heavy (non-hydrogen) atoms. The van der Waals surface area contributed by atoms with E-state index in [9.17, 15) is 14.4 Å². The van der Waals surface area contributed by atoms with Gasteiger partial charge in [0.2, 0.25) is 11.9 Å². The maximum atomic E-state index is 11.4. The minimum Gasteiger partial charge on any atom is -0.479 e. The SMILES string of the molecule is CC(=O)N(c1ccccc1)C(C(=O)O)C(=O)O. The molecule has 1 aromatic rings. The van der Waals surface area contributed by atoms with Gasteiger partial charge in [-0.1, -0.05) is 18.2 Å². The number of aliphatic carboxylic acids is 2. The van der Waals surface area contributed by atoms with Crippen LogP contribution in [-0.4, -0.2) is 34.1 Å². The Hall–Kier alpha value is -2.37. The summed E-state index contributed by atoms with van der Waals surface area (Å²) in [5.41, 5.74) is 0.231. The average Bonchev–Trinajstić information content (AvgIpc) is 2.25. The lowest BCUT2D eigenvalue weighted by atomic mass is 10.2. The molecule has 0 atom stereocenters. The summed E-state index contributed by atoms with van der Waals surface area (Å²) in [5.74, 6) is -3.82. The van der Waals surface area contributed by atoms with Gasteiger partial charge in [-0.15, -0.1) is 0 Å². The molecular weight excluding hydrogens is 226 g/mol. The maximum absolute atomic E-state index is 11.4. The molecule has 1 aromatic carbocycles. The summed E-state index contributed by atoms with van der Waals surface area (Å²) < 4.78 is 0. The summed E-state index contributed by atoms with van der Waals surface area (Å²) in [4.78, 5) is 33.9.